The summed E-state index contributed by atoms with van der Waals surface area (Å²) < 4.78 is 6.08. The SMILES string of the molecule is [CH2]C1(c2ccc(C)cc2)c2ccccc2Oc2ccccc21. The predicted octanol–water partition coefficient (Wildman–Crippen LogP) is 5.27. The molecule has 0 aliphatic carbocycles. The molecule has 0 spiro atoms. The number of para-hydroxylation sites is 2. The van der Waals surface area contributed by atoms with E-state index >= 15 is 0 Å². The molecule has 0 unspecified atom stereocenters. The largest absolute Gasteiger partial charge is 0.457 e. The highest BCUT2D eigenvalue weighted by molar-refractivity contribution is 5.64. The third kappa shape index (κ3) is 1.79. The summed E-state index contributed by atoms with van der Waals surface area (Å²) in [5.41, 5.74) is 4.21. The van der Waals surface area contributed by atoms with Crippen molar-refractivity contribution in [2.45, 2.75) is 12.3 Å². The summed E-state index contributed by atoms with van der Waals surface area (Å²) in [5.74, 6) is 1.77. The number of fused-ring (bicyclic) bond motifs is 2. The molecule has 0 bridgehead atoms. The minimum atomic E-state index is -0.445. The third-order valence-corrected chi connectivity index (χ3v) is 4.46. The quantitative estimate of drug-likeness (QED) is 0.592. The average Bonchev–Trinajstić information content (AvgIpc) is 2.56. The lowest BCUT2D eigenvalue weighted by Crippen LogP contribution is -2.29. The first kappa shape index (κ1) is 13.1. The summed E-state index contributed by atoms with van der Waals surface area (Å²) in [4.78, 5) is 0. The average molecular weight is 285 g/mol. The summed E-state index contributed by atoms with van der Waals surface area (Å²) >= 11 is 0. The number of ether oxygens (including phenoxy) is 1. The minimum absolute atomic E-state index is 0.445. The molecule has 0 saturated heterocycles. The van der Waals surface area contributed by atoms with Gasteiger partial charge in [0, 0.05) is 11.1 Å². The second-order valence-corrected chi connectivity index (χ2v) is 5.87. The summed E-state index contributed by atoms with van der Waals surface area (Å²) in [5, 5.41) is 0. The van der Waals surface area contributed by atoms with E-state index in [1.807, 2.05) is 36.4 Å². The molecule has 0 N–H and O–H groups in total. The van der Waals surface area contributed by atoms with Gasteiger partial charge in [0.05, 0.1) is 5.41 Å². The molecule has 0 saturated carbocycles. The fourth-order valence-electron chi connectivity index (χ4n) is 3.23. The number of benzene rings is 3. The maximum atomic E-state index is 6.08. The number of hydrogen-bond acceptors (Lipinski definition) is 1. The molecule has 1 radical (unpaired) electrons. The van der Waals surface area contributed by atoms with Crippen LogP contribution in [-0.4, -0.2) is 0 Å². The second kappa shape index (κ2) is 4.74. The van der Waals surface area contributed by atoms with Gasteiger partial charge in [-0.2, -0.15) is 0 Å². The molecule has 3 aromatic carbocycles. The van der Waals surface area contributed by atoms with Crippen molar-refractivity contribution in [1.29, 1.82) is 0 Å². The van der Waals surface area contributed by atoms with E-state index in [0.717, 1.165) is 22.6 Å². The smallest absolute Gasteiger partial charge is 0.131 e. The van der Waals surface area contributed by atoms with E-state index in [-0.39, 0.29) is 0 Å². The predicted molar refractivity (Wildman–Crippen MR) is 89.4 cm³/mol. The van der Waals surface area contributed by atoms with Crippen molar-refractivity contribution in [2.75, 3.05) is 0 Å². The topological polar surface area (TPSA) is 9.23 Å². The Hall–Kier alpha value is -2.54. The molecule has 0 atom stereocenters. The van der Waals surface area contributed by atoms with Crippen molar-refractivity contribution in [3.8, 4) is 11.5 Å². The van der Waals surface area contributed by atoms with Crippen LogP contribution in [0.3, 0.4) is 0 Å². The Kier molecular flexibility index (Phi) is 2.83. The van der Waals surface area contributed by atoms with Crippen LogP contribution in [0.4, 0.5) is 0 Å². The van der Waals surface area contributed by atoms with E-state index in [4.69, 9.17) is 4.74 Å². The molecule has 107 valence electrons. The van der Waals surface area contributed by atoms with Crippen LogP contribution in [0.25, 0.3) is 0 Å². The van der Waals surface area contributed by atoms with Gasteiger partial charge in [-0.3, -0.25) is 0 Å². The van der Waals surface area contributed by atoms with Gasteiger partial charge in [-0.15, -0.1) is 0 Å². The van der Waals surface area contributed by atoms with Gasteiger partial charge in [0.2, 0.25) is 0 Å². The molecule has 4 rings (SSSR count). The highest BCUT2D eigenvalue weighted by atomic mass is 16.5. The van der Waals surface area contributed by atoms with E-state index in [9.17, 15) is 0 Å². The lowest BCUT2D eigenvalue weighted by atomic mass is 9.69. The Bertz CT molecular complexity index is 785. The molecule has 1 heterocycles. The van der Waals surface area contributed by atoms with Crippen molar-refractivity contribution in [3.05, 3.63) is 102 Å². The van der Waals surface area contributed by atoms with Crippen LogP contribution in [0, 0.1) is 13.8 Å². The van der Waals surface area contributed by atoms with Gasteiger partial charge in [0.1, 0.15) is 11.5 Å². The molecule has 3 aromatic rings. The van der Waals surface area contributed by atoms with Crippen LogP contribution in [0.5, 0.6) is 11.5 Å². The monoisotopic (exact) mass is 285 g/mol. The number of rotatable bonds is 1. The Labute approximate surface area is 131 Å². The number of hydrogen-bond donors (Lipinski definition) is 0. The maximum absolute atomic E-state index is 6.08. The zero-order valence-corrected chi connectivity index (χ0v) is 12.5. The lowest BCUT2D eigenvalue weighted by Gasteiger charge is -2.37. The van der Waals surface area contributed by atoms with Gasteiger partial charge < -0.3 is 4.74 Å². The fourth-order valence-corrected chi connectivity index (χ4v) is 3.23. The number of aryl methyl sites for hydroxylation is 1. The Balaban J connectivity index is 2.03. The van der Waals surface area contributed by atoms with Crippen LogP contribution >= 0.6 is 0 Å². The lowest BCUT2D eigenvalue weighted by molar-refractivity contribution is 0.437. The zero-order chi connectivity index (χ0) is 15.2. The van der Waals surface area contributed by atoms with E-state index in [0.29, 0.717) is 0 Å². The van der Waals surface area contributed by atoms with Crippen LogP contribution in [-0.2, 0) is 5.41 Å². The first-order valence-corrected chi connectivity index (χ1v) is 7.49. The normalized spacial score (nSPS) is 14.6. The molecule has 1 heteroatoms. The summed E-state index contributed by atoms with van der Waals surface area (Å²) in [6.07, 6.45) is 0. The van der Waals surface area contributed by atoms with E-state index in [1.165, 1.54) is 11.1 Å². The molecule has 0 amide bonds. The molecular weight excluding hydrogens is 268 g/mol. The molecule has 0 fully saturated rings. The van der Waals surface area contributed by atoms with Crippen molar-refractivity contribution < 1.29 is 4.74 Å². The van der Waals surface area contributed by atoms with Crippen molar-refractivity contribution in [2.24, 2.45) is 0 Å². The van der Waals surface area contributed by atoms with Gasteiger partial charge in [-0.05, 0) is 31.5 Å². The fraction of sp³-hybridized carbons (Fsp3) is 0.0952. The molecule has 22 heavy (non-hydrogen) atoms. The van der Waals surface area contributed by atoms with Crippen LogP contribution < -0.4 is 4.74 Å². The van der Waals surface area contributed by atoms with E-state index < -0.39 is 5.41 Å². The van der Waals surface area contributed by atoms with Crippen molar-refractivity contribution in [3.63, 3.8) is 0 Å². The molecular formula is C21H17O. The minimum Gasteiger partial charge on any atom is -0.457 e. The van der Waals surface area contributed by atoms with E-state index in [2.05, 4.69) is 50.2 Å². The maximum Gasteiger partial charge on any atom is 0.131 e. The second-order valence-electron chi connectivity index (χ2n) is 5.87. The van der Waals surface area contributed by atoms with Crippen LogP contribution in [0.15, 0.2) is 72.8 Å². The summed E-state index contributed by atoms with van der Waals surface area (Å²) in [6, 6.07) is 25.0. The molecule has 1 aliphatic heterocycles. The first-order chi connectivity index (χ1) is 10.7. The van der Waals surface area contributed by atoms with Gasteiger partial charge in [-0.1, -0.05) is 66.2 Å². The Morgan fingerprint density at radius 2 is 1.23 bits per heavy atom. The van der Waals surface area contributed by atoms with Crippen molar-refractivity contribution in [1.82, 2.24) is 0 Å². The molecule has 1 nitrogen and oxygen atoms in total. The zero-order valence-electron chi connectivity index (χ0n) is 12.5. The highest BCUT2D eigenvalue weighted by Crippen LogP contribution is 2.50. The standard InChI is InChI=1S/C21H17O/c1-15-11-13-16(14-12-15)21(2)17-7-3-5-9-19(17)22-20-10-6-4-8-18(20)21/h3-14H,2H2,1H3. The first-order valence-electron chi connectivity index (χ1n) is 7.49. The van der Waals surface area contributed by atoms with Gasteiger partial charge in [0.25, 0.3) is 0 Å². The Morgan fingerprint density at radius 3 is 1.77 bits per heavy atom. The molecule has 1 aliphatic rings. The summed E-state index contributed by atoms with van der Waals surface area (Å²) in [7, 11) is 0. The van der Waals surface area contributed by atoms with E-state index in [1.54, 1.807) is 0 Å². The highest BCUT2D eigenvalue weighted by Gasteiger charge is 2.39. The summed E-state index contributed by atoms with van der Waals surface area (Å²) in [6.45, 7) is 6.73. The van der Waals surface area contributed by atoms with Gasteiger partial charge >= 0.3 is 0 Å². The Morgan fingerprint density at radius 1 is 0.727 bits per heavy atom. The molecule has 0 aromatic heterocycles. The van der Waals surface area contributed by atoms with Gasteiger partial charge in [0.15, 0.2) is 0 Å². The van der Waals surface area contributed by atoms with Crippen LogP contribution in [0.2, 0.25) is 0 Å². The van der Waals surface area contributed by atoms with Crippen LogP contribution in [0.1, 0.15) is 22.3 Å². The van der Waals surface area contributed by atoms with Gasteiger partial charge in [-0.25, -0.2) is 0 Å². The third-order valence-electron chi connectivity index (χ3n) is 4.46. The van der Waals surface area contributed by atoms with Crippen molar-refractivity contribution >= 4 is 0 Å².